The minimum atomic E-state index is -0.387. The summed E-state index contributed by atoms with van der Waals surface area (Å²) in [7, 11) is 2.21. The summed E-state index contributed by atoms with van der Waals surface area (Å²) in [6, 6.07) is 13.4. The molecule has 2 aromatic rings. The molecule has 0 radical (unpaired) electrons. The van der Waals surface area contributed by atoms with Crippen LogP contribution in [0.4, 0.5) is 10.1 Å². The lowest BCUT2D eigenvalue weighted by Gasteiger charge is -2.31. The Morgan fingerprint density at radius 2 is 1.73 bits per heavy atom. The molecular weight excluding hydrogens is 279 g/mol. The van der Waals surface area contributed by atoms with Crippen molar-refractivity contribution < 1.29 is 14.1 Å². The molecule has 1 saturated heterocycles. The molecule has 1 heterocycles. The van der Waals surface area contributed by atoms with Gasteiger partial charge in [0.15, 0.2) is 5.78 Å². The molecule has 1 aliphatic rings. The van der Waals surface area contributed by atoms with Crippen LogP contribution in [0.3, 0.4) is 0 Å². The molecule has 114 valence electrons. The number of piperazine rings is 1. The van der Waals surface area contributed by atoms with Crippen molar-refractivity contribution in [2.45, 2.75) is 0 Å². The van der Waals surface area contributed by atoms with Crippen LogP contribution >= 0.6 is 0 Å². The fourth-order valence-corrected chi connectivity index (χ4v) is 2.77. The Balaban J connectivity index is 1.75. The molecule has 0 aromatic heterocycles. The van der Waals surface area contributed by atoms with E-state index in [1.165, 1.54) is 12.1 Å². The van der Waals surface area contributed by atoms with Crippen LogP contribution in [0, 0.1) is 5.82 Å². The Bertz CT molecular complexity index is 661. The first-order valence-electron chi connectivity index (χ1n) is 7.60. The predicted octanol–water partition coefficient (Wildman–Crippen LogP) is 1.39. The van der Waals surface area contributed by atoms with Gasteiger partial charge in [0.1, 0.15) is 5.82 Å². The van der Waals surface area contributed by atoms with Gasteiger partial charge in [0.05, 0.1) is 33.2 Å². The maximum absolute atomic E-state index is 13.2. The molecule has 22 heavy (non-hydrogen) atoms. The highest BCUT2D eigenvalue weighted by Gasteiger charge is 2.17. The number of hydrogen-bond donors (Lipinski definition) is 1. The van der Waals surface area contributed by atoms with Crippen molar-refractivity contribution in [2.75, 3.05) is 38.1 Å². The molecule has 0 spiro atoms. The summed E-state index contributed by atoms with van der Waals surface area (Å²) in [5, 5.41) is 0. The Morgan fingerprint density at radius 1 is 1.05 bits per heavy atom. The zero-order valence-electron chi connectivity index (χ0n) is 12.7. The van der Waals surface area contributed by atoms with Crippen molar-refractivity contribution >= 4 is 11.5 Å². The van der Waals surface area contributed by atoms with Crippen LogP contribution in [-0.4, -0.2) is 39.0 Å². The lowest BCUT2D eigenvalue weighted by atomic mass is 10.0. The number of hydrogen-bond acceptors (Lipinski definition) is 2. The van der Waals surface area contributed by atoms with Crippen molar-refractivity contribution in [2.24, 2.45) is 0 Å². The number of nitrogens with one attached hydrogen (secondary N) is 1. The number of anilines is 1. The van der Waals surface area contributed by atoms with Crippen LogP contribution in [0.25, 0.3) is 0 Å². The van der Waals surface area contributed by atoms with Gasteiger partial charge in [-0.1, -0.05) is 12.1 Å². The molecule has 1 N–H and O–H groups in total. The van der Waals surface area contributed by atoms with E-state index < -0.39 is 0 Å². The zero-order chi connectivity index (χ0) is 15.5. The highest BCUT2D eigenvalue weighted by molar-refractivity contribution is 6.09. The highest BCUT2D eigenvalue weighted by atomic mass is 19.1. The van der Waals surface area contributed by atoms with Gasteiger partial charge >= 0.3 is 0 Å². The first-order chi connectivity index (χ1) is 10.6. The number of quaternary nitrogens is 1. The summed E-state index contributed by atoms with van der Waals surface area (Å²) in [4.78, 5) is 16.2. The molecule has 0 saturated carbocycles. The van der Waals surface area contributed by atoms with Gasteiger partial charge in [0.25, 0.3) is 0 Å². The average molecular weight is 299 g/mol. The van der Waals surface area contributed by atoms with Crippen LogP contribution < -0.4 is 9.80 Å². The summed E-state index contributed by atoms with van der Waals surface area (Å²) >= 11 is 0. The number of halogens is 1. The van der Waals surface area contributed by atoms with E-state index >= 15 is 0 Å². The minimum Gasteiger partial charge on any atom is -0.360 e. The van der Waals surface area contributed by atoms with Gasteiger partial charge in [-0.15, -0.1) is 0 Å². The molecule has 1 fully saturated rings. The molecule has 0 amide bonds. The van der Waals surface area contributed by atoms with E-state index in [1.807, 2.05) is 24.3 Å². The molecule has 1 aliphatic heterocycles. The number of nitrogens with zero attached hydrogens (tertiary/aromatic N) is 1. The Morgan fingerprint density at radius 3 is 2.36 bits per heavy atom. The predicted molar refractivity (Wildman–Crippen MR) is 85.1 cm³/mol. The van der Waals surface area contributed by atoms with Gasteiger partial charge in [-0.2, -0.15) is 0 Å². The first-order valence-corrected chi connectivity index (χ1v) is 7.60. The van der Waals surface area contributed by atoms with Gasteiger partial charge in [-0.25, -0.2) is 4.39 Å². The normalized spacial score (nSPS) is 15.8. The fourth-order valence-electron chi connectivity index (χ4n) is 2.77. The second-order valence-electron chi connectivity index (χ2n) is 5.83. The Labute approximate surface area is 130 Å². The summed E-state index contributed by atoms with van der Waals surface area (Å²) in [6.07, 6.45) is 0. The van der Waals surface area contributed by atoms with Crippen LogP contribution in [0.15, 0.2) is 48.5 Å². The number of rotatable bonds is 3. The van der Waals surface area contributed by atoms with Crippen molar-refractivity contribution in [3.05, 3.63) is 65.5 Å². The standard InChI is InChI=1S/C18H19FN2O/c1-20-9-11-21(12-10-20)17-7-5-14(6-8-17)18(22)15-3-2-4-16(19)13-15/h2-8,13H,9-12H2,1H3/p+1. The van der Waals surface area contributed by atoms with Crippen LogP contribution in [-0.2, 0) is 0 Å². The van der Waals surface area contributed by atoms with Crippen LogP contribution in [0.1, 0.15) is 15.9 Å². The van der Waals surface area contributed by atoms with E-state index in [1.54, 1.807) is 17.0 Å². The van der Waals surface area contributed by atoms with Gasteiger partial charge in [-0.3, -0.25) is 4.79 Å². The number of carbonyl (C=O) groups is 1. The van der Waals surface area contributed by atoms with Crippen LogP contribution in [0.5, 0.6) is 0 Å². The lowest BCUT2D eigenvalue weighted by Crippen LogP contribution is -3.12. The monoisotopic (exact) mass is 299 g/mol. The van der Waals surface area contributed by atoms with Crippen LogP contribution in [0.2, 0.25) is 0 Å². The smallest absolute Gasteiger partial charge is 0.193 e. The molecule has 3 rings (SSSR count). The van der Waals surface area contributed by atoms with Crippen molar-refractivity contribution in [3.8, 4) is 0 Å². The summed E-state index contributed by atoms with van der Waals surface area (Å²) in [5.41, 5.74) is 2.12. The molecule has 0 atom stereocenters. The quantitative estimate of drug-likeness (QED) is 0.867. The first kappa shape index (κ1) is 14.7. The van der Waals surface area contributed by atoms with Crippen molar-refractivity contribution in [1.82, 2.24) is 0 Å². The van der Waals surface area contributed by atoms with Crippen molar-refractivity contribution in [1.29, 1.82) is 0 Å². The summed E-state index contributed by atoms with van der Waals surface area (Å²) in [5.74, 6) is -0.531. The fraction of sp³-hybridized carbons (Fsp3) is 0.278. The van der Waals surface area contributed by atoms with E-state index in [0.29, 0.717) is 11.1 Å². The van der Waals surface area contributed by atoms with E-state index in [9.17, 15) is 9.18 Å². The molecule has 3 nitrogen and oxygen atoms in total. The number of ketones is 1. The van der Waals surface area contributed by atoms with Gasteiger partial charge < -0.3 is 9.80 Å². The molecular formula is C18H20FN2O+. The largest absolute Gasteiger partial charge is 0.360 e. The molecule has 4 heteroatoms. The van der Waals surface area contributed by atoms with E-state index in [4.69, 9.17) is 0 Å². The third-order valence-electron chi connectivity index (χ3n) is 4.20. The second kappa shape index (κ2) is 6.28. The van der Waals surface area contributed by atoms with Gasteiger partial charge in [0, 0.05) is 16.8 Å². The summed E-state index contributed by atoms with van der Waals surface area (Å²) in [6.45, 7) is 4.32. The maximum atomic E-state index is 13.2. The van der Waals surface area contributed by atoms with Gasteiger partial charge in [-0.05, 0) is 36.4 Å². The molecule has 2 aromatic carbocycles. The molecule has 0 aliphatic carbocycles. The summed E-state index contributed by atoms with van der Waals surface area (Å²) < 4.78 is 13.2. The molecule has 0 unspecified atom stereocenters. The number of benzene rings is 2. The van der Waals surface area contributed by atoms with E-state index in [-0.39, 0.29) is 11.6 Å². The Hall–Kier alpha value is -2.20. The maximum Gasteiger partial charge on any atom is 0.193 e. The van der Waals surface area contributed by atoms with Gasteiger partial charge in [0.2, 0.25) is 0 Å². The van der Waals surface area contributed by atoms with E-state index in [0.717, 1.165) is 31.9 Å². The second-order valence-corrected chi connectivity index (χ2v) is 5.83. The highest BCUT2D eigenvalue weighted by Crippen LogP contribution is 2.18. The lowest BCUT2D eigenvalue weighted by molar-refractivity contribution is -0.880. The average Bonchev–Trinajstić information content (AvgIpc) is 2.55. The molecule has 0 bridgehead atoms. The minimum absolute atomic E-state index is 0.145. The Kier molecular flexibility index (Phi) is 4.20. The SMILES string of the molecule is C[NH+]1CCN(c2ccc(C(=O)c3cccc(F)c3)cc2)CC1. The number of likely N-dealkylation sites (N-methyl/N-ethyl adjacent to an activating group) is 1. The topological polar surface area (TPSA) is 24.8 Å². The van der Waals surface area contributed by atoms with E-state index in [2.05, 4.69) is 11.9 Å². The zero-order valence-corrected chi connectivity index (χ0v) is 12.7. The number of carbonyl (C=O) groups excluding carboxylic acids is 1. The third kappa shape index (κ3) is 3.17. The van der Waals surface area contributed by atoms with Crippen molar-refractivity contribution in [3.63, 3.8) is 0 Å². The third-order valence-corrected chi connectivity index (χ3v) is 4.20.